The molecule has 1 heterocycles. The third-order valence-corrected chi connectivity index (χ3v) is 6.97. The average molecular weight is 336 g/mol. The zero-order valence-electron chi connectivity index (χ0n) is 14.9. The number of Topliss-reactive ketones (excluding diaryl/α,β-unsaturated/α-hetero) is 2. The molecule has 24 heavy (non-hydrogen) atoms. The summed E-state index contributed by atoms with van der Waals surface area (Å²) in [5.41, 5.74) is -2.49. The van der Waals surface area contributed by atoms with Crippen LogP contribution < -0.4 is 5.32 Å². The molecule has 3 aliphatic rings. The molecule has 2 atom stereocenters. The van der Waals surface area contributed by atoms with E-state index in [-0.39, 0.29) is 11.7 Å². The minimum absolute atomic E-state index is 0.256. The van der Waals surface area contributed by atoms with E-state index in [1.54, 1.807) is 0 Å². The van der Waals surface area contributed by atoms with Crippen LogP contribution in [0.3, 0.4) is 0 Å². The van der Waals surface area contributed by atoms with Crippen LogP contribution in [0.1, 0.15) is 40.0 Å². The normalized spacial score (nSPS) is 35.5. The number of morpholine rings is 1. The number of ether oxygens (including phenoxy) is 1. The Kier molecular flexibility index (Phi) is 4.33. The first-order valence-electron chi connectivity index (χ1n) is 8.95. The zero-order valence-corrected chi connectivity index (χ0v) is 14.9. The van der Waals surface area contributed by atoms with Crippen molar-refractivity contribution in [2.75, 3.05) is 39.4 Å². The van der Waals surface area contributed by atoms with Crippen molar-refractivity contribution in [2.24, 2.45) is 16.2 Å². The molecular formula is C18H28N2O4. The van der Waals surface area contributed by atoms with Gasteiger partial charge in [-0.15, -0.1) is 0 Å². The summed E-state index contributed by atoms with van der Waals surface area (Å²) in [6.07, 6.45) is 1.93. The average Bonchev–Trinajstić information content (AvgIpc) is 2.84. The molecule has 1 N–H and O–H groups in total. The molecule has 0 spiro atoms. The van der Waals surface area contributed by atoms with E-state index in [9.17, 15) is 14.4 Å². The SMILES string of the molecule is CC12CCC(C(=O)NCCCN3CCOCC3)(C(=O)C1=O)C2(C)C. The first-order valence-corrected chi connectivity index (χ1v) is 8.95. The Morgan fingerprint density at radius 3 is 2.38 bits per heavy atom. The third-order valence-electron chi connectivity index (χ3n) is 6.97. The molecule has 2 saturated carbocycles. The highest BCUT2D eigenvalue weighted by Crippen LogP contribution is 2.68. The quantitative estimate of drug-likeness (QED) is 0.456. The molecule has 1 aliphatic heterocycles. The molecule has 1 saturated heterocycles. The van der Waals surface area contributed by atoms with Crippen molar-refractivity contribution < 1.29 is 19.1 Å². The van der Waals surface area contributed by atoms with Crippen molar-refractivity contribution >= 4 is 17.5 Å². The Morgan fingerprint density at radius 2 is 1.79 bits per heavy atom. The number of nitrogens with one attached hydrogen (secondary N) is 1. The van der Waals surface area contributed by atoms with E-state index < -0.39 is 22.0 Å². The zero-order chi connectivity index (χ0) is 17.6. The maximum Gasteiger partial charge on any atom is 0.234 e. The fourth-order valence-electron chi connectivity index (χ4n) is 4.75. The second-order valence-electron chi connectivity index (χ2n) is 8.08. The van der Waals surface area contributed by atoms with Gasteiger partial charge in [0.25, 0.3) is 0 Å². The summed E-state index contributed by atoms with van der Waals surface area (Å²) in [5.74, 6) is -1.09. The lowest BCUT2D eigenvalue weighted by atomic mass is 9.64. The van der Waals surface area contributed by atoms with Gasteiger partial charge in [0.15, 0.2) is 0 Å². The van der Waals surface area contributed by atoms with Crippen LogP contribution in [0.15, 0.2) is 0 Å². The molecule has 1 amide bonds. The van der Waals surface area contributed by atoms with Crippen LogP contribution in [-0.4, -0.2) is 61.8 Å². The predicted octanol–water partition coefficient (Wildman–Crippen LogP) is 0.789. The van der Waals surface area contributed by atoms with Crippen molar-refractivity contribution in [3.63, 3.8) is 0 Å². The van der Waals surface area contributed by atoms with Crippen molar-refractivity contribution in [3.05, 3.63) is 0 Å². The van der Waals surface area contributed by atoms with Crippen molar-refractivity contribution in [2.45, 2.75) is 40.0 Å². The van der Waals surface area contributed by atoms with E-state index in [1.165, 1.54) is 0 Å². The van der Waals surface area contributed by atoms with Gasteiger partial charge in [-0.3, -0.25) is 19.3 Å². The van der Waals surface area contributed by atoms with Crippen LogP contribution in [0.2, 0.25) is 0 Å². The molecule has 2 unspecified atom stereocenters. The lowest BCUT2D eigenvalue weighted by molar-refractivity contribution is -0.149. The molecule has 0 aromatic heterocycles. The second-order valence-corrected chi connectivity index (χ2v) is 8.08. The number of rotatable bonds is 5. The number of amides is 1. The number of fused-ring (bicyclic) bond motifs is 2. The molecule has 3 fully saturated rings. The summed E-state index contributed by atoms with van der Waals surface area (Å²) in [5, 5.41) is 2.94. The van der Waals surface area contributed by atoms with Gasteiger partial charge >= 0.3 is 0 Å². The van der Waals surface area contributed by atoms with Gasteiger partial charge in [-0.25, -0.2) is 0 Å². The molecule has 0 radical (unpaired) electrons. The fraction of sp³-hybridized carbons (Fsp3) is 0.833. The molecule has 3 rings (SSSR count). The van der Waals surface area contributed by atoms with Crippen LogP contribution in [0.25, 0.3) is 0 Å². The number of nitrogens with zero attached hydrogens (tertiary/aromatic N) is 1. The molecule has 6 heteroatoms. The van der Waals surface area contributed by atoms with Crippen molar-refractivity contribution in [1.29, 1.82) is 0 Å². The Bertz CT molecular complexity index is 567. The topological polar surface area (TPSA) is 75.7 Å². The fourth-order valence-corrected chi connectivity index (χ4v) is 4.75. The molecule has 2 bridgehead atoms. The molecular weight excluding hydrogens is 308 g/mol. The monoisotopic (exact) mass is 336 g/mol. The standard InChI is InChI=1S/C18H28N2O4/c1-16(2)17(3)5-6-18(16,14(22)13(17)21)15(23)19-7-4-8-20-9-11-24-12-10-20/h4-12H2,1-3H3,(H,19,23). The first-order chi connectivity index (χ1) is 11.3. The minimum Gasteiger partial charge on any atom is -0.379 e. The van der Waals surface area contributed by atoms with Crippen LogP contribution >= 0.6 is 0 Å². The largest absolute Gasteiger partial charge is 0.379 e. The highest BCUT2D eigenvalue weighted by molar-refractivity contribution is 6.48. The number of carbonyl (C=O) groups is 3. The van der Waals surface area contributed by atoms with E-state index in [4.69, 9.17) is 4.74 Å². The highest BCUT2D eigenvalue weighted by Gasteiger charge is 2.77. The van der Waals surface area contributed by atoms with Gasteiger partial charge in [0.2, 0.25) is 17.5 Å². The number of carbonyl (C=O) groups excluding carboxylic acids is 3. The highest BCUT2D eigenvalue weighted by atomic mass is 16.5. The summed E-state index contributed by atoms with van der Waals surface area (Å²) >= 11 is 0. The maximum absolute atomic E-state index is 12.9. The van der Waals surface area contributed by atoms with Gasteiger partial charge in [-0.1, -0.05) is 20.8 Å². The maximum atomic E-state index is 12.9. The lowest BCUT2D eigenvalue weighted by Gasteiger charge is -2.37. The minimum atomic E-state index is -1.17. The number of hydrogen-bond donors (Lipinski definition) is 1. The molecule has 2 aliphatic carbocycles. The van der Waals surface area contributed by atoms with Gasteiger partial charge in [0.1, 0.15) is 5.41 Å². The Morgan fingerprint density at radius 1 is 1.12 bits per heavy atom. The van der Waals surface area contributed by atoms with Crippen LogP contribution in [0.4, 0.5) is 0 Å². The van der Waals surface area contributed by atoms with E-state index in [0.717, 1.165) is 39.3 Å². The number of hydrogen-bond acceptors (Lipinski definition) is 5. The molecule has 0 aromatic rings. The van der Waals surface area contributed by atoms with E-state index >= 15 is 0 Å². The van der Waals surface area contributed by atoms with Crippen LogP contribution in [-0.2, 0) is 19.1 Å². The molecule has 0 aromatic carbocycles. The first kappa shape index (κ1) is 17.5. The summed E-state index contributed by atoms with van der Waals surface area (Å²) in [6.45, 7) is 10.5. The Balaban J connectivity index is 1.60. The van der Waals surface area contributed by atoms with E-state index in [1.807, 2.05) is 20.8 Å². The Hall–Kier alpha value is -1.27. The smallest absolute Gasteiger partial charge is 0.234 e. The summed E-state index contributed by atoms with van der Waals surface area (Å²) in [4.78, 5) is 40.2. The molecule has 6 nitrogen and oxygen atoms in total. The molecule has 134 valence electrons. The van der Waals surface area contributed by atoms with E-state index in [0.29, 0.717) is 19.4 Å². The van der Waals surface area contributed by atoms with Gasteiger partial charge in [0.05, 0.1) is 13.2 Å². The summed E-state index contributed by atoms with van der Waals surface area (Å²) < 4.78 is 5.32. The number of ketones is 2. The second kappa shape index (κ2) is 5.92. The predicted molar refractivity (Wildman–Crippen MR) is 88.5 cm³/mol. The van der Waals surface area contributed by atoms with Crippen LogP contribution in [0, 0.1) is 16.2 Å². The van der Waals surface area contributed by atoms with E-state index in [2.05, 4.69) is 10.2 Å². The summed E-state index contributed by atoms with van der Waals surface area (Å²) in [7, 11) is 0. The van der Waals surface area contributed by atoms with Gasteiger partial charge < -0.3 is 10.1 Å². The van der Waals surface area contributed by atoms with Gasteiger partial charge in [-0.05, 0) is 31.2 Å². The third kappa shape index (κ3) is 2.19. The Labute approximate surface area is 143 Å². The van der Waals surface area contributed by atoms with Crippen LogP contribution in [0.5, 0.6) is 0 Å². The summed E-state index contributed by atoms with van der Waals surface area (Å²) in [6, 6.07) is 0. The van der Waals surface area contributed by atoms with Gasteiger partial charge in [-0.2, -0.15) is 0 Å². The van der Waals surface area contributed by atoms with Crippen molar-refractivity contribution in [3.8, 4) is 0 Å². The lowest BCUT2D eigenvalue weighted by Crippen LogP contribution is -2.51. The van der Waals surface area contributed by atoms with Crippen molar-refractivity contribution in [1.82, 2.24) is 10.2 Å². The van der Waals surface area contributed by atoms with Gasteiger partial charge in [0, 0.05) is 25.0 Å².